The van der Waals surface area contributed by atoms with E-state index in [9.17, 15) is 19.5 Å². The molecule has 0 aliphatic carbocycles. The average molecular weight is 455 g/mol. The molecule has 6 N–H and O–H groups in total. The maximum absolute atomic E-state index is 12.9. The number of carbonyl (C=O) groups is 3. The van der Waals surface area contributed by atoms with Gasteiger partial charge in [0.25, 0.3) is 0 Å². The molecule has 1 aliphatic heterocycles. The molecule has 1 saturated heterocycles. The van der Waals surface area contributed by atoms with Gasteiger partial charge in [0, 0.05) is 6.42 Å². The molecule has 3 unspecified atom stereocenters. The first-order chi connectivity index (χ1) is 15.3. The maximum Gasteiger partial charge on any atom is 0.245 e. The molecule has 8 nitrogen and oxygen atoms in total. The van der Waals surface area contributed by atoms with Crippen LogP contribution in [0.2, 0.25) is 0 Å². The molecule has 1 fully saturated rings. The van der Waals surface area contributed by atoms with E-state index in [-0.39, 0.29) is 30.7 Å². The lowest BCUT2D eigenvalue weighted by molar-refractivity contribution is -0.134. The molecule has 0 aromatic heterocycles. The fourth-order valence-corrected chi connectivity index (χ4v) is 4.32. The molecule has 1 rings (SSSR count). The minimum atomic E-state index is -1.12. The van der Waals surface area contributed by atoms with Crippen molar-refractivity contribution < 1.29 is 19.5 Å². The molecule has 0 aromatic carbocycles. The van der Waals surface area contributed by atoms with Gasteiger partial charge in [0.05, 0.1) is 18.2 Å². The van der Waals surface area contributed by atoms with E-state index in [2.05, 4.69) is 22.9 Å². The third-order valence-electron chi connectivity index (χ3n) is 6.37. The van der Waals surface area contributed by atoms with Crippen molar-refractivity contribution >= 4 is 17.6 Å². The molecule has 0 radical (unpaired) electrons. The summed E-state index contributed by atoms with van der Waals surface area (Å²) in [5.74, 6) is -0.469. The number of carbonyl (C=O) groups excluding carboxylic acids is 3. The zero-order valence-corrected chi connectivity index (χ0v) is 20.3. The lowest BCUT2D eigenvalue weighted by atomic mass is 9.87. The van der Waals surface area contributed by atoms with Crippen LogP contribution in [0, 0.1) is 5.92 Å². The first kappa shape index (κ1) is 28.5. The molecule has 0 saturated carbocycles. The minimum absolute atomic E-state index is 0.119. The largest absolute Gasteiger partial charge is 0.391 e. The van der Waals surface area contributed by atoms with Crippen molar-refractivity contribution in [3.63, 3.8) is 0 Å². The van der Waals surface area contributed by atoms with Crippen molar-refractivity contribution in [2.45, 2.75) is 116 Å². The number of piperidine rings is 1. The van der Waals surface area contributed by atoms with Crippen LogP contribution in [0.3, 0.4) is 0 Å². The van der Waals surface area contributed by atoms with Gasteiger partial charge in [-0.3, -0.25) is 14.4 Å². The van der Waals surface area contributed by atoms with Crippen LogP contribution in [0.5, 0.6) is 0 Å². The summed E-state index contributed by atoms with van der Waals surface area (Å²) in [6, 6.07) is -2.20. The zero-order chi connectivity index (χ0) is 23.9. The van der Waals surface area contributed by atoms with E-state index in [0.717, 1.165) is 25.8 Å². The van der Waals surface area contributed by atoms with Gasteiger partial charge in [-0.2, -0.15) is 0 Å². The second kappa shape index (κ2) is 16.2. The van der Waals surface area contributed by atoms with Crippen LogP contribution >= 0.6 is 0 Å². The summed E-state index contributed by atoms with van der Waals surface area (Å²) in [7, 11) is 0. The summed E-state index contributed by atoms with van der Waals surface area (Å²) >= 11 is 0. The number of unbranched alkanes of at least 4 members (excludes halogenated alkanes) is 5. The number of hydrogen-bond acceptors (Lipinski definition) is 6. The van der Waals surface area contributed by atoms with Gasteiger partial charge in [0.1, 0.15) is 6.04 Å². The fourth-order valence-electron chi connectivity index (χ4n) is 4.32. The van der Waals surface area contributed by atoms with Gasteiger partial charge in [0.2, 0.25) is 11.8 Å². The van der Waals surface area contributed by atoms with Gasteiger partial charge in [-0.15, -0.1) is 0 Å². The van der Waals surface area contributed by atoms with Crippen molar-refractivity contribution in [2.24, 2.45) is 11.7 Å². The molecule has 186 valence electrons. The Bertz CT molecular complexity index is 570. The molecule has 0 aromatic rings. The number of rotatable bonds is 16. The quantitative estimate of drug-likeness (QED) is 0.226. The van der Waals surface area contributed by atoms with E-state index < -0.39 is 24.1 Å². The van der Waals surface area contributed by atoms with Crippen molar-refractivity contribution in [2.75, 3.05) is 13.1 Å². The average Bonchev–Trinajstić information content (AvgIpc) is 2.78. The number of nitrogens with two attached hydrogens (primary N) is 1. The first-order valence-electron chi connectivity index (χ1n) is 12.6. The number of nitrogens with one attached hydrogen (secondary N) is 3. The number of Topliss-reactive ketones (excluding diaryl/α,β-unsaturated/α-hetero) is 1. The lowest BCUT2D eigenvalue weighted by Crippen LogP contribution is -2.59. The van der Waals surface area contributed by atoms with E-state index >= 15 is 0 Å². The Balaban J connectivity index is 2.57. The molecular weight excluding hydrogens is 408 g/mol. The molecule has 2 amide bonds. The highest BCUT2D eigenvalue weighted by molar-refractivity contribution is 5.93. The van der Waals surface area contributed by atoms with Gasteiger partial charge in [-0.05, 0) is 45.2 Å². The van der Waals surface area contributed by atoms with E-state index in [1.807, 2.05) is 0 Å². The Morgan fingerprint density at radius 1 is 1.09 bits per heavy atom. The third kappa shape index (κ3) is 10.4. The van der Waals surface area contributed by atoms with Crippen molar-refractivity contribution in [1.29, 1.82) is 0 Å². The standard InChI is InChI=1S/C24H46N4O4/c1-4-6-7-8-9-10-11-18-13-15-26-20(16-18)23(31)28-22(17(3)29)24(32)27-19(12-14-25)21(30)5-2/h17-20,22,26,29H,4-16,25H2,1-3H3,(H,27,32)(H,28,31)/t17?,18?,19-,20?,22-/m0/s1. The lowest BCUT2D eigenvalue weighted by Gasteiger charge is -2.31. The van der Waals surface area contributed by atoms with Gasteiger partial charge in [-0.25, -0.2) is 0 Å². The van der Waals surface area contributed by atoms with Crippen molar-refractivity contribution in [3.8, 4) is 0 Å². The van der Waals surface area contributed by atoms with Crippen LogP contribution in [0.1, 0.15) is 91.4 Å². The van der Waals surface area contributed by atoms with Crippen LogP contribution < -0.4 is 21.7 Å². The molecule has 32 heavy (non-hydrogen) atoms. The van der Waals surface area contributed by atoms with Crippen molar-refractivity contribution in [3.05, 3.63) is 0 Å². The summed E-state index contributed by atoms with van der Waals surface area (Å²) in [5.41, 5.74) is 5.56. The molecule has 1 aliphatic rings. The molecule has 0 bridgehead atoms. The molecular formula is C24H46N4O4. The number of aliphatic hydroxyl groups is 1. The summed E-state index contributed by atoms with van der Waals surface area (Å²) < 4.78 is 0. The molecule has 0 spiro atoms. The first-order valence-corrected chi connectivity index (χ1v) is 12.6. The number of amides is 2. The van der Waals surface area contributed by atoms with Gasteiger partial charge in [0.15, 0.2) is 5.78 Å². The zero-order valence-electron chi connectivity index (χ0n) is 20.3. The van der Waals surface area contributed by atoms with Crippen LogP contribution in [-0.2, 0) is 14.4 Å². The van der Waals surface area contributed by atoms with Crippen LogP contribution in [0.25, 0.3) is 0 Å². The number of hydrogen-bond donors (Lipinski definition) is 5. The summed E-state index contributed by atoms with van der Waals surface area (Å²) in [6.07, 6.45) is 9.98. The van der Waals surface area contributed by atoms with Crippen LogP contribution in [0.15, 0.2) is 0 Å². The second-order valence-corrected chi connectivity index (χ2v) is 9.14. The van der Waals surface area contributed by atoms with E-state index in [4.69, 9.17) is 5.73 Å². The Morgan fingerprint density at radius 2 is 1.78 bits per heavy atom. The third-order valence-corrected chi connectivity index (χ3v) is 6.37. The SMILES string of the molecule is CCCCCCCCC1CCNC(C(=O)N[C@H](C(=O)N[C@@H](CCN)C(=O)CC)C(C)O)C1. The Kier molecular flexibility index (Phi) is 14.4. The Morgan fingerprint density at radius 3 is 2.41 bits per heavy atom. The highest BCUT2D eigenvalue weighted by Gasteiger charge is 2.33. The van der Waals surface area contributed by atoms with Crippen LogP contribution in [0.4, 0.5) is 0 Å². The topological polar surface area (TPSA) is 134 Å². The second-order valence-electron chi connectivity index (χ2n) is 9.14. The Hall–Kier alpha value is -1.51. The number of ketones is 1. The molecule has 1 heterocycles. The van der Waals surface area contributed by atoms with Gasteiger partial charge < -0.3 is 26.8 Å². The minimum Gasteiger partial charge on any atom is -0.391 e. The Labute approximate surface area is 193 Å². The molecule has 8 heteroatoms. The normalized spacial score (nSPS) is 21.4. The highest BCUT2D eigenvalue weighted by atomic mass is 16.3. The number of aliphatic hydroxyl groups excluding tert-OH is 1. The monoisotopic (exact) mass is 454 g/mol. The highest BCUT2D eigenvalue weighted by Crippen LogP contribution is 2.23. The summed E-state index contributed by atoms with van der Waals surface area (Å²) in [5, 5.41) is 18.7. The smallest absolute Gasteiger partial charge is 0.245 e. The van der Waals surface area contributed by atoms with Crippen LogP contribution in [-0.4, -0.2) is 60.0 Å². The fraction of sp³-hybridized carbons (Fsp3) is 0.875. The van der Waals surface area contributed by atoms with E-state index in [1.54, 1.807) is 6.92 Å². The van der Waals surface area contributed by atoms with Gasteiger partial charge >= 0.3 is 0 Å². The van der Waals surface area contributed by atoms with Gasteiger partial charge in [-0.1, -0.05) is 58.8 Å². The predicted molar refractivity (Wildman–Crippen MR) is 127 cm³/mol. The molecule has 5 atom stereocenters. The maximum atomic E-state index is 12.9. The summed E-state index contributed by atoms with van der Waals surface area (Å²) in [4.78, 5) is 37.6. The van der Waals surface area contributed by atoms with E-state index in [1.165, 1.54) is 45.4 Å². The summed E-state index contributed by atoms with van der Waals surface area (Å²) in [6.45, 7) is 6.43. The predicted octanol–water partition coefficient (Wildman–Crippen LogP) is 1.78. The van der Waals surface area contributed by atoms with Crippen molar-refractivity contribution in [1.82, 2.24) is 16.0 Å². The van der Waals surface area contributed by atoms with E-state index in [0.29, 0.717) is 12.3 Å².